The maximum atomic E-state index is 13.3. The Hall–Kier alpha value is -2.73. The number of imide groups is 1. The zero-order chi connectivity index (χ0) is 21.3. The van der Waals surface area contributed by atoms with Crippen LogP contribution in [-0.4, -0.2) is 11.8 Å². The van der Waals surface area contributed by atoms with E-state index in [1.54, 1.807) is 18.2 Å². The van der Waals surface area contributed by atoms with Gasteiger partial charge in [-0.1, -0.05) is 70.9 Å². The molecule has 0 unspecified atom stereocenters. The van der Waals surface area contributed by atoms with Crippen molar-refractivity contribution in [1.29, 1.82) is 0 Å². The summed E-state index contributed by atoms with van der Waals surface area (Å²) in [6.07, 6.45) is 0. The standard InChI is InChI=1S/C23H16Cl2N2O2S/c1-14-7-9-17(10-8-14)26-20-21(30-19-5-3-2-4-6-19)23(29)27(22(20)28)18-12-15(24)11-16(25)13-18/h2-13,26H,1H3. The molecule has 0 radical (unpaired) electrons. The minimum absolute atomic E-state index is 0.216. The van der Waals surface area contributed by atoms with Gasteiger partial charge in [-0.25, -0.2) is 4.90 Å². The molecule has 4 nitrogen and oxygen atoms in total. The number of anilines is 2. The van der Waals surface area contributed by atoms with E-state index in [1.165, 1.54) is 11.8 Å². The lowest BCUT2D eigenvalue weighted by atomic mass is 10.2. The van der Waals surface area contributed by atoms with Crippen LogP contribution in [0.3, 0.4) is 0 Å². The van der Waals surface area contributed by atoms with Crippen LogP contribution in [0.2, 0.25) is 10.0 Å². The fraction of sp³-hybridized carbons (Fsp3) is 0.0435. The summed E-state index contributed by atoms with van der Waals surface area (Å²) in [5.41, 5.74) is 2.36. The fourth-order valence-corrected chi connectivity index (χ4v) is 4.47. The number of carbonyl (C=O) groups excluding carboxylic acids is 2. The molecule has 3 aromatic carbocycles. The van der Waals surface area contributed by atoms with E-state index in [1.807, 2.05) is 61.5 Å². The topological polar surface area (TPSA) is 49.4 Å². The normalized spacial score (nSPS) is 13.9. The Bertz CT molecular complexity index is 1140. The van der Waals surface area contributed by atoms with Crippen molar-refractivity contribution in [1.82, 2.24) is 0 Å². The average Bonchev–Trinajstić information content (AvgIpc) is 2.93. The van der Waals surface area contributed by atoms with Crippen LogP contribution in [0.25, 0.3) is 0 Å². The molecule has 1 heterocycles. The van der Waals surface area contributed by atoms with Crippen LogP contribution in [0.5, 0.6) is 0 Å². The summed E-state index contributed by atoms with van der Waals surface area (Å²) in [5.74, 6) is -0.890. The first kappa shape index (κ1) is 20.5. The second kappa shape index (κ2) is 8.56. The van der Waals surface area contributed by atoms with E-state index in [0.717, 1.165) is 15.4 Å². The lowest BCUT2D eigenvalue weighted by molar-refractivity contribution is -0.120. The highest BCUT2D eigenvalue weighted by molar-refractivity contribution is 8.04. The summed E-state index contributed by atoms with van der Waals surface area (Å²) in [4.78, 5) is 28.8. The van der Waals surface area contributed by atoms with E-state index in [0.29, 0.717) is 26.3 Å². The number of aryl methyl sites for hydroxylation is 1. The van der Waals surface area contributed by atoms with E-state index < -0.39 is 11.8 Å². The zero-order valence-electron chi connectivity index (χ0n) is 15.9. The van der Waals surface area contributed by atoms with Gasteiger partial charge in [0.2, 0.25) is 0 Å². The predicted octanol–water partition coefficient (Wildman–Crippen LogP) is 6.29. The van der Waals surface area contributed by atoms with Crippen molar-refractivity contribution in [2.45, 2.75) is 11.8 Å². The van der Waals surface area contributed by atoms with E-state index in [2.05, 4.69) is 5.32 Å². The number of hydrogen-bond donors (Lipinski definition) is 1. The van der Waals surface area contributed by atoms with E-state index in [-0.39, 0.29) is 5.70 Å². The first-order chi connectivity index (χ1) is 14.4. The molecule has 0 saturated heterocycles. The summed E-state index contributed by atoms with van der Waals surface area (Å²) < 4.78 is 0. The molecule has 1 aliphatic rings. The van der Waals surface area contributed by atoms with Crippen LogP contribution < -0.4 is 10.2 Å². The van der Waals surface area contributed by atoms with Crippen molar-refractivity contribution in [3.05, 3.63) is 99.0 Å². The maximum absolute atomic E-state index is 13.3. The van der Waals surface area contributed by atoms with Gasteiger partial charge in [-0.3, -0.25) is 9.59 Å². The first-order valence-corrected chi connectivity index (χ1v) is 10.7. The largest absolute Gasteiger partial charge is 0.350 e. The number of carbonyl (C=O) groups is 2. The molecule has 0 spiro atoms. The van der Waals surface area contributed by atoms with Crippen molar-refractivity contribution in [2.75, 3.05) is 10.2 Å². The zero-order valence-corrected chi connectivity index (χ0v) is 18.2. The monoisotopic (exact) mass is 454 g/mol. The number of halogens is 2. The number of nitrogens with zero attached hydrogens (tertiary/aromatic N) is 1. The molecule has 0 bridgehead atoms. The average molecular weight is 455 g/mol. The molecule has 2 amide bonds. The minimum atomic E-state index is -0.461. The molecule has 1 aliphatic heterocycles. The Balaban J connectivity index is 1.76. The molecule has 0 saturated carbocycles. The molecule has 0 atom stereocenters. The second-order valence-corrected chi connectivity index (χ2v) is 8.64. The highest BCUT2D eigenvalue weighted by Crippen LogP contribution is 2.39. The number of amides is 2. The van der Waals surface area contributed by atoms with Crippen LogP contribution >= 0.6 is 35.0 Å². The molecule has 0 aliphatic carbocycles. The van der Waals surface area contributed by atoms with Crippen molar-refractivity contribution < 1.29 is 9.59 Å². The summed E-state index contributed by atoms with van der Waals surface area (Å²) >= 11 is 13.4. The third-order valence-corrected chi connectivity index (χ3v) is 5.96. The van der Waals surface area contributed by atoms with Gasteiger partial charge in [-0.05, 0) is 49.4 Å². The smallest absolute Gasteiger partial charge is 0.283 e. The van der Waals surface area contributed by atoms with Crippen LogP contribution in [0.15, 0.2) is 88.3 Å². The van der Waals surface area contributed by atoms with E-state index in [4.69, 9.17) is 23.2 Å². The van der Waals surface area contributed by atoms with Crippen LogP contribution in [0.1, 0.15) is 5.56 Å². The Morgan fingerprint density at radius 1 is 0.833 bits per heavy atom. The number of benzene rings is 3. The van der Waals surface area contributed by atoms with Gasteiger partial charge in [-0.2, -0.15) is 0 Å². The molecule has 0 fully saturated rings. The van der Waals surface area contributed by atoms with Gasteiger partial charge in [0.25, 0.3) is 11.8 Å². The van der Waals surface area contributed by atoms with Gasteiger partial charge in [0.05, 0.1) is 5.69 Å². The molecule has 7 heteroatoms. The van der Waals surface area contributed by atoms with Gasteiger partial charge in [0, 0.05) is 20.6 Å². The number of hydrogen-bond acceptors (Lipinski definition) is 4. The predicted molar refractivity (Wildman–Crippen MR) is 123 cm³/mol. The third-order valence-electron chi connectivity index (χ3n) is 4.43. The number of nitrogens with one attached hydrogen (secondary N) is 1. The SMILES string of the molecule is Cc1ccc(NC2=C(Sc3ccccc3)C(=O)N(c3cc(Cl)cc(Cl)c3)C2=O)cc1. The Morgan fingerprint density at radius 3 is 2.10 bits per heavy atom. The molecular formula is C23H16Cl2N2O2S. The minimum Gasteiger partial charge on any atom is -0.350 e. The lowest BCUT2D eigenvalue weighted by Crippen LogP contribution is -2.32. The first-order valence-electron chi connectivity index (χ1n) is 9.08. The van der Waals surface area contributed by atoms with E-state index >= 15 is 0 Å². The summed E-state index contributed by atoms with van der Waals surface area (Å²) in [6, 6.07) is 21.7. The Kier molecular flexibility index (Phi) is 5.86. The van der Waals surface area contributed by atoms with Gasteiger partial charge < -0.3 is 5.32 Å². The Morgan fingerprint density at radius 2 is 1.47 bits per heavy atom. The van der Waals surface area contributed by atoms with Crippen LogP contribution in [-0.2, 0) is 9.59 Å². The van der Waals surface area contributed by atoms with Crippen molar-refractivity contribution in [2.24, 2.45) is 0 Å². The number of thioether (sulfide) groups is 1. The second-order valence-electron chi connectivity index (χ2n) is 6.68. The van der Waals surface area contributed by atoms with Crippen LogP contribution in [0, 0.1) is 6.92 Å². The summed E-state index contributed by atoms with van der Waals surface area (Å²) in [7, 11) is 0. The molecule has 150 valence electrons. The fourth-order valence-electron chi connectivity index (χ4n) is 3.01. The molecule has 4 rings (SSSR count). The molecule has 0 aromatic heterocycles. The summed E-state index contributed by atoms with van der Waals surface area (Å²) in [6.45, 7) is 1.98. The molecule has 30 heavy (non-hydrogen) atoms. The number of rotatable bonds is 5. The van der Waals surface area contributed by atoms with Gasteiger partial charge in [0.1, 0.15) is 10.6 Å². The van der Waals surface area contributed by atoms with Crippen molar-refractivity contribution >= 4 is 58.2 Å². The highest BCUT2D eigenvalue weighted by Gasteiger charge is 2.40. The van der Waals surface area contributed by atoms with Crippen molar-refractivity contribution in [3.63, 3.8) is 0 Å². The van der Waals surface area contributed by atoms with Gasteiger partial charge in [-0.15, -0.1) is 0 Å². The van der Waals surface area contributed by atoms with E-state index in [9.17, 15) is 9.59 Å². The lowest BCUT2D eigenvalue weighted by Gasteiger charge is -2.16. The molecule has 3 aromatic rings. The Labute approximate surface area is 188 Å². The molecular weight excluding hydrogens is 439 g/mol. The van der Waals surface area contributed by atoms with Crippen LogP contribution in [0.4, 0.5) is 11.4 Å². The quantitative estimate of drug-likeness (QED) is 0.460. The summed E-state index contributed by atoms with van der Waals surface area (Å²) in [5, 5.41) is 3.81. The maximum Gasteiger partial charge on any atom is 0.283 e. The van der Waals surface area contributed by atoms with Gasteiger partial charge >= 0.3 is 0 Å². The van der Waals surface area contributed by atoms with Gasteiger partial charge in [0.15, 0.2) is 0 Å². The highest BCUT2D eigenvalue weighted by atomic mass is 35.5. The third kappa shape index (κ3) is 4.24. The van der Waals surface area contributed by atoms with Crippen molar-refractivity contribution in [3.8, 4) is 0 Å². The molecule has 1 N–H and O–H groups in total.